The molecule has 2 rings (SSSR count). The Morgan fingerprint density at radius 2 is 1.70 bits per heavy atom. The number of amides is 1. The number of rotatable bonds is 11. The first-order valence-corrected chi connectivity index (χ1v) is 9.90. The summed E-state index contributed by atoms with van der Waals surface area (Å²) in [6.07, 6.45) is -0.807. The lowest BCUT2D eigenvalue weighted by Gasteiger charge is -2.11. The molecule has 1 aromatic heterocycles. The molecule has 176 valence electrons. The molecule has 0 atom stereocenters. The first-order valence-electron chi connectivity index (χ1n) is 9.90. The molecule has 0 unspecified atom stereocenters. The highest BCUT2D eigenvalue weighted by Crippen LogP contribution is 2.31. The van der Waals surface area contributed by atoms with Gasteiger partial charge in [-0.05, 0) is 38.1 Å². The number of hydrogen-bond donors (Lipinski definition) is 4. The first-order chi connectivity index (χ1) is 15.7. The molecule has 13 nitrogen and oxygen atoms in total. The van der Waals surface area contributed by atoms with E-state index in [0.717, 1.165) is 0 Å². The number of ether oxygens (including phenoxy) is 2. The summed E-state index contributed by atoms with van der Waals surface area (Å²) in [5.74, 6) is -1.29. The molecule has 2 aromatic rings. The van der Waals surface area contributed by atoms with E-state index >= 15 is 0 Å². The Morgan fingerprint density at radius 3 is 2.30 bits per heavy atom. The number of esters is 1. The van der Waals surface area contributed by atoms with Crippen molar-refractivity contribution in [3.63, 3.8) is 0 Å². The summed E-state index contributed by atoms with van der Waals surface area (Å²) in [4.78, 5) is 49.9. The van der Waals surface area contributed by atoms with E-state index in [-0.39, 0.29) is 43.6 Å². The summed E-state index contributed by atoms with van der Waals surface area (Å²) in [7, 11) is 0. The Hall–Kier alpha value is -4.42. The van der Waals surface area contributed by atoms with Gasteiger partial charge < -0.3 is 25.8 Å². The maximum atomic E-state index is 12.3. The standard InChI is InChI=1S/C20H24N6O7/c1-3-32-19(28)12-5-7-13(8-6-12)22-10-14(27)11-23-15-9-16(25-20(29)33-4-2)24-18(21)17(15)26(30)31/h5-9,22H,3-4,10-11H2,1-2H3,(H4,21,23,24,25,29). The van der Waals surface area contributed by atoms with Crippen molar-refractivity contribution < 1.29 is 28.8 Å². The SMILES string of the molecule is CCOC(=O)Nc1cc(NCC(=O)CNc2ccc(C(=O)OCC)cc2)c([N+](=O)[O-])c(N)n1. The van der Waals surface area contributed by atoms with E-state index in [9.17, 15) is 24.5 Å². The summed E-state index contributed by atoms with van der Waals surface area (Å²) >= 11 is 0. The molecule has 33 heavy (non-hydrogen) atoms. The van der Waals surface area contributed by atoms with Gasteiger partial charge in [0.1, 0.15) is 11.5 Å². The van der Waals surface area contributed by atoms with E-state index in [0.29, 0.717) is 11.3 Å². The molecule has 0 bridgehead atoms. The van der Waals surface area contributed by atoms with Crippen molar-refractivity contribution >= 4 is 46.5 Å². The normalized spacial score (nSPS) is 10.1. The molecule has 0 saturated heterocycles. The Labute approximate surface area is 188 Å². The van der Waals surface area contributed by atoms with Crippen molar-refractivity contribution in [1.29, 1.82) is 0 Å². The van der Waals surface area contributed by atoms with Crippen LogP contribution in [-0.4, -0.2) is 54.1 Å². The van der Waals surface area contributed by atoms with Crippen LogP contribution in [0.3, 0.4) is 0 Å². The monoisotopic (exact) mass is 460 g/mol. The van der Waals surface area contributed by atoms with E-state index in [1.165, 1.54) is 6.07 Å². The number of pyridine rings is 1. The molecule has 1 heterocycles. The smallest absolute Gasteiger partial charge is 0.412 e. The number of nitrogens with one attached hydrogen (secondary N) is 3. The predicted octanol–water partition coefficient (Wildman–Crippen LogP) is 2.41. The average molecular weight is 460 g/mol. The molecule has 5 N–H and O–H groups in total. The van der Waals surface area contributed by atoms with E-state index < -0.39 is 28.5 Å². The number of nitro groups is 1. The van der Waals surface area contributed by atoms with Crippen LogP contribution in [0.2, 0.25) is 0 Å². The zero-order valence-electron chi connectivity index (χ0n) is 18.0. The highest BCUT2D eigenvalue weighted by Gasteiger charge is 2.22. The Balaban J connectivity index is 2.00. The number of anilines is 4. The molecule has 1 amide bonds. The number of aromatic nitrogens is 1. The Bertz CT molecular complexity index is 1030. The number of nitrogens with zero attached hydrogens (tertiary/aromatic N) is 2. The average Bonchev–Trinajstić information content (AvgIpc) is 2.76. The van der Waals surface area contributed by atoms with Crippen LogP contribution in [0, 0.1) is 10.1 Å². The maximum Gasteiger partial charge on any atom is 0.412 e. The fourth-order valence-electron chi connectivity index (χ4n) is 2.62. The van der Waals surface area contributed by atoms with Crippen LogP contribution in [0.25, 0.3) is 0 Å². The van der Waals surface area contributed by atoms with Gasteiger partial charge in [0.05, 0.1) is 36.8 Å². The second-order valence-corrected chi connectivity index (χ2v) is 6.44. The molecule has 0 fully saturated rings. The lowest BCUT2D eigenvalue weighted by Crippen LogP contribution is -2.23. The van der Waals surface area contributed by atoms with Gasteiger partial charge in [0.2, 0.25) is 5.82 Å². The largest absolute Gasteiger partial charge is 0.462 e. The lowest BCUT2D eigenvalue weighted by molar-refractivity contribution is -0.383. The van der Waals surface area contributed by atoms with Crippen molar-refractivity contribution in [3.05, 3.63) is 46.0 Å². The number of Topliss-reactive ketones (excluding diaryl/α,β-unsaturated/α-hetero) is 1. The number of ketones is 1. The molecule has 0 aliphatic rings. The van der Waals surface area contributed by atoms with Gasteiger partial charge in [-0.25, -0.2) is 14.6 Å². The van der Waals surface area contributed by atoms with Crippen LogP contribution in [0.4, 0.5) is 33.5 Å². The number of carbonyl (C=O) groups excluding carboxylic acids is 3. The number of carbonyl (C=O) groups is 3. The zero-order valence-corrected chi connectivity index (χ0v) is 18.0. The van der Waals surface area contributed by atoms with Gasteiger partial charge >= 0.3 is 17.7 Å². The van der Waals surface area contributed by atoms with Gasteiger partial charge in [0, 0.05) is 11.8 Å². The van der Waals surface area contributed by atoms with Crippen LogP contribution in [0.1, 0.15) is 24.2 Å². The molecular formula is C20H24N6O7. The highest BCUT2D eigenvalue weighted by molar-refractivity contribution is 5.91. The Morgan fingerprint density at radius 1 is 1.06 bits per heavy atom. The molecular weight excluding hydrogens is 436 g/mol. The van der Waals surface area contributed by atoms with Crippen molar-refractivity contribution in [2.75, 3.05) is 48.0 Å². The minimum atomic E-state index is -0.807. The molecule has 1 aromatic carbocycles. The number of benzene rings is 1. The third-order valence-corrected chi connectivity index (χ3v) is 4.07. The molecule has 0 radical (unpaired) electrons. The van der Waals surface area contributed by atoms with Crippen LogP contribution >= 0.6 is 0 Å². The summed E-state index contributed by atoms with van der Waals surface area (Å²) < 4.78 is 9.64. The van der Waals surface area contributed by atoms with Crippen LogP contribution in [0.15, 0.2) is 30.3 Å². The molecule has 0 saturated carbocycles. The Kier molecular flexibility index (Phi) is 8.91. The van der Waals surface area contributed by atoms with Gasteiger partial charge in [-0.15, -0.1) is 0 Å². The van der Waals surface area contributed by atoms with Crippen LogP contribution < -0.4 is 21.7 Å². The maximum absolute atomic E-state index is 12.3. The summed E-state index contributed by atoms with van der Waals surface area (Å²) in [6.45, 7) is 3.35. The van der Waals surface area contributed by atoms with Crippen molar-refractivity contribution in [1.82, 2.24) is 4.98 Å². The second kappa shape index (κ2) is 11.8. The van der Waals surface area contributed by atoms with Gasteiger partial charge in [0.15, 0.2) is 5.78 Å². The first kappa shape index (κ1) is 24.8. The minimum absolute atomic E-state index is 0.0775. The lowest BCUT2D eigenvalue weighted by atomic mass is 10.2. The summed E-state index contributed by atoms with van der Waals surface area (Å²) in [5.41, 5.74) is 6.01. The molecule has 0 aliphatic carbocycles. The summed E-state index contributed by atoms with van der Waals surface area (Å²) in [6, 6.07) is 7.54. The number of nitrogens with two attached hydrogens (primary N) is 1. The molecule has 0 spiro atoms. The molecule has 13 heteroatoms. The fourth-order valence-corrected chi connectivity index (χ4v) is 2.62. The molecule has 0 aliphatic heterocycles. The zero-order chi connectivity index (χ0) is 24.4. The van der Waals surface area contributed by atoms with E-state index in [1.54, 1.807) is 38.1 Å². The van der Waals surface area contributed by atoms with Gasteiger partial charge in [-0.2, -0.15) is 0 Å². The number of nitrogen functional groups attached to an aromatic ring is 1. The fraction of sp³-hybridized carbons (Fsp3) is 0.300. The van der Waals surface area contributed by atoms with Crippen LogP contribution in [-0.2, 0) is 14.3 Å². The predicted molar refractivity (Wildman–Crippen MR) is 120 cm³/mol. The van der Waals surface area contributed by atoms with E-state index in [1.807, 2.05) is 0 Å². The van der Waals surface area contributed by atoms with Crippen molar-refractivity contribution in [2.24, 2.45) is 0 Å². The third-order valence-electron chi connectivity index (χ3n) is 4.07. The third kappa shape index (κ3) is 7.34. The highest BCUT2D eigenvalue weighted by atomic mass is 16.6. The summed E-state index contributed by atoms with van der Waals surface area (Å²) in [5, 5.41) is 19.2. The quantitative estimate of drug-likeness (QED) is 0.219. The van der Waals surface area contributed by atoms with Crippen molar-refractivity contribution in [3.8, 4) is 0 Å². The van der Waals surface area contributed by atoms with Gasteiger partial charge in [-0.1, -0.05) is 0 Å². The van der Waals surface area contributed by atoms with Gasteiger partial charge in [0.25, 0.3) is 0 Å². The van der Waals surface area contributed by atoms with Crippen LogP contribution in [0.5, 0.6) is 0 Å². The minimum Gasteiger partial charge on any atom is -0.462 e. The van der Waals surface area contributed by atoms with Gasteiger partial charge in [-0.3, -0.25) is 20.2 Å². The van der Waals surface area contributed by atoms with E-state index in [4.69, 9.17) is 15.2 Å². The second-order valence-electron chi connectivity index (χ2n) is 6.44. The topological polar surface area (TPSA) is 188 Å². The van der Waals surface area contributed by atoms with E-state index in [2.05, 4.69) is 20.9 Å². The van der Waals surface area contributed by atoms with Crippen molar-refractivity contribution in [2.45, 2.75) is 13.8 Å². The number of hydrogen-bond acceptors (Lipinski definition) is 11.